The van der Waals surface area contributed by atoms with E-state index < -0.39 is 5.60 Å². The number of hydrogen-bond acceptors (Lipinski definition) is 2. The van der Waals surface area contributed by atoms with Crippen LogP contribution in [-0.2, 0) is 11.2 Å². The molecule has 3 nitrogen and oxygen atoms in total. The van der Waals surface area contributed by atoms with Crippen molar-refractivity contribution < 1.29 is 14.3 Å². The highest BCUT2D eigenvalue weighted by Gasteiger charge is 2.44. The quantitative estimate of drug-likeness (QED) is 0.889. The number of hydrogen-bond donors (Lipinski definition) is 1. The van der Waals surface area contributed by atoms with Crippen molar-refractivity contribution in [2.24, 2.45) is 0 Å². The Bertz CT molecular complexity index is 717. The highest BCUT2D eigenvalue weighted by atomic mass is 35.5. The van der Waals surface area contributed by atoms with Gasteiger partial charge in [-0.3, -0.25) is 4.79 Å². The minimum absolute atomic E-state index is 0.258. The van der Waals surface area contributed by atoms with Gasteiger partial charge in [0.2, 0.25) is 0 Å². The summed E-state index contributed by atoms with van der Waals surface area (Å²) in [6.45, 7) is 0.505. The fourth-order valence-electron chi connectivity index (χ4n) is 3.18. The Labute approximate surface area is 145 Å². The summed E-state index contributed by atoms with van der Waals surface area (Å²) in [6, 6.07) is 13.7. The first kappa shape index (κ1) is 16.9. The van der Waals surface area contributed by atoms with Gasteiger partial charge in [0.25, 0.3) is 5.91 Å². The predicted octanol–water partition coefficient (Wildman–Crippen LogP) is 3.97. The van der Waals surface area contributed by atoms with Crippen molar-refractivity contribution in [1.82, 2.24) is 0 Å². The second-order valence-corrected chi connectivity index (χ2v) is 6.64. The first-order chi connectivity index (χ1) is 11.5. The molecule has 0 spiro atoms. The van der Waals surface area contributed by atoms with E-state index in [1.165, 1.54) is 12.1 Å². The molecule has 1 atom stereocenters. The third-order valence-electron chi connectivity index (χ3n) is 4.44. The summed E-state index contributed by atoms with van der Waals surface area (Å²) in [5.41, 5.74) is 0.233. The lowest BCUT2D eigenvalue weighted by molar-refractivity contribution is -0.133. The van der Waals surface area contributed by atoms with Crippen LogP contribution in [0.5, 0.6) is 0 Å². The number of aliphatic hydroxyl groups is 1. The zero-order valence-electron chi connectivity index (χ0n) is 13.2. The van der Waals surface area contributed by atoms with Crippen LogP contribution in [0.15, 0.2) is 48.5 Å². The van der Waals surface area contributed by atoms with Gasteiger partial charge in [0.15, 0.2) is 0 Å². The highest BCUT2D eigenvalue weighted by molar-refractivity contribution is 6.30. The molecule has 2 aromatic carbocycles. The number of carbonyl (C=O) groups excluding carboxylic acids is 1. The highest BCUT2D eigenvalue weighted by Crippen LogP contribution is 2.32. The van der Waals surface area contributed by atoms with Gasteiger partial charge in [0, 0.05) is 23.7 Å². The number of carbonyl (C=O) groups is 1. The Hall–Kier alpha value is -1.91. The minimum Gasteiger partial charge on any atom is -0.380 e. The van der Waals surface area contributed by atoms with E-state index in [0.717, 1.165) is 11.3 Å². The molecule has 1 aliphatic heterocycles. The molecule has 0 aliphatic carbocycles. The van der Waals surface area contributed by atoms with E-state index in [1.807, 2.05) is 30.3 Å². The van der Waals surface area contributed by atoms with Crippen molar-refractivity contribution in [3.8, 4) is 0 Å². The molecule has 1 heterocycles. The van der Waals surface area contributed by atoms with Crippen LogP contribution >= 0.6 is 11.6 Å². The zero-order valence-corrected chi connectivity index (χ0v) is 14.0. The number of benzene rings is 2. The predicted molar refractivity (Wildman–Crippen MR) is 92.7 cm³/mol. The average molecular weight is 348 g/mol. The average Bonchev–Trinajstić information content (AvgIpc) is 2.83. The summed E-state index contributed by atoms with van der Waals surface area (Å²) >= 11 is 5.84. The first-order valence-corrected chi connectivity index (χ1v) is 8.40. The van der Waals surface area contributed by atoms with Gasteiger partial charge in [-0.25, -0.2) is 4.39 Å². The molecule has 0 aromatic heterocycles. The summed E-state index contributed by atoms with van der Waals surface area (Å²) < 4.78 is 13.3. The SMILES string of the molecule is O=C1N(c2ccccc2)CCC1(O)CCCc1cc(F)cc(Cl)c1. The van der Waals surface area contributed by atoms with E-state index in [4.69, 9.17) is 11.6 Å². The molecule has 5 heteroatoms. The van der Waals surface area contributed by atoms with Gasteiger partial charge in [0.05, 0.1) is 0 Å². The topological polar surface area (TPSA) is 40.5 Å². The molecule has 3 rings (SSSR count). The van der Waals surface area contributed by atoms with Gasteiger partial charge < -0.3 is 10.0 Å². The molecule has 0 bridgehead atoms. The zero-order chi connectivity index (χ0) is 17.2. The number of rotatable bonds is 5. The summed E-state index contributed by atoms with van der Waals surface area (Å²) in [4.78, 5) is 14.2. The number of nitrogens with zero attached hydrogens (tertiary/aromatic N) is 1. The van der Waals surface area contributed by atoms with Gasteiger partial charge in [-0.1, -0.05) is 29.8 Å². The van der Waals surface area contributed by atoms with Crippen LogP contribution in [0, 0.1) is 5.82 Å². The normalized spacial score (nSPS) is 20.6. The Balaban J connectivity index is 1.62. The van der Waals surface area contributed by atoms with Crippen LogP contribution < -0.4 is 4.90 Å². The molecule has 0 saturated carbocycles. The van der Waals surface area contributed by atoms with Crippen molar-refractivity contribution in [2.45, 2.75) is 31.3 Å². The van der Waals surface area contributed by atoms with E-state index in [9.17, 15) is 14.3 Å². The van der Waals surface area contributed by atoms with Gasteiger partial charge in [-0.15, -0.1) is 0 Å². The van der Waals surface area contributed by atoms with Crippen LogP contribution in [0.1, 0.15) is 24.8 Å². The van der Waals surface area contributed by atoms with Crippen LogP contribution in [0.2, 0.25) is 5.02 Å². The van der Waals surface area contributed by atoms with Gasteiger partial charge in [0.1, 0.15) is 11.4 Å². The summed E-state index contributed by atoms with van der Waals surface area (Å²) in [6.07, 6.45) is 1.91. The van der Waals surface area contributed by atoms with Crippen LogP contribution in [-0.4, -0.2) is 23.2 Å². The minimum atomic E-state index is -1.34. The Morgan fingerprint density at radius 2 is 1.96 bits per heavy atom. The van der Waals surface area contributed by atoms with Gasteiger partial charge in [-0.2, -0.15) is 0 Å². The monoisotopic (exact) mass is 347 g/mol. The smallest absolute Gasteiger partial charge is 0.259 e. The molecule has 1 unspecified atom stereocenters. The molecule has 1 N–H and O–H groups in total. The molecule has 1 saturated heterocycles. The standard InChI is InChI=1S/C19H19ClFNO2/c20-15-11-14(12-16(21)13-15)5-4-8-19(24)9-10-22(18(19)23)17-6-2-1-3-7-17/h1-3,6-7,11-13,24H,4-5,8-10H2. The molecule has 24 heavy (non-hydrogen) atoms. The fraction of sp³-hybridized carbons (Fsp3) is 0.316. The lowest BCUT2D eigenvalue weighted by Gasteiger charge is -2.22. The van der Waals surface area contributed by atoms with E-state index in [1.54, 1.807) is 11.0 Å². The maximum Gasteiger partial charge on any atom is 0.259 e. The summed E-state index contributed by atoms with van der Waals surface area (Å²) in [7, 11) is 0. The van der Waals surface area contributed by atoms with Gasteiger partial charge >= 0.3 is 0 Å². The van der Waals surface area contributed by atoms with Crippen LogP contribution in [0.4, 0.5) is 10.1 Å². The maximum atomic E-state index is 13.3. The van der Waals surface area contributed by atoms with Crippen molar-refractivity contribution >= 4 is 23.2 Å². The van der Waals surface area contributed by atoms with E-state index >= 15 is 0 Å². The van der Waals surface area contributed by atoms with Crippen molar-refractivity contribution in [2.75, 3.05) is 11.4 Å². The van der Waals surface area contributed by atoms with Crippen LogP contribution in [0.25, 0.3) is 0 Å². The largest absolute Gasteiger partial charge is 0.380 e. The molecule has 1 fully saturated rings. The molecule has 0 radical (unpaired) electrons. The van der Waals surface area contributed by atoms with E-state index in [-0.39, 0.29) is 11.7 Å². The summed E-state index contributed by atoms with van der Waals surface area (Å²) in [5.74, 6) is -0.630. The third kappa shape index (κ3) is 3.60. The molecule has 1 aliphatic rings. The number of aryl methyl sites for hydroxylation is 1. The maximum absolute atomic E-state index is 13.3. The lowest BCUT2D eigenvalue weighted by atomic mass is 9.93. The molecule has 126 valence electrons. The van der Waals surface area contributed by atoms with Crippen molar-refractivity contribution in [1.29, 1.82) is 0 Å². The second kappa shape index (κ2) is 6.91. The van der Waals surface area contributed by atoms with E-state index in [0.29, 0.717) is 37.3 Å². The number of para-hydroxylation sites is 1. The number of amides is 1. The fourth-order valence-corrected chi connectivity index (χ4v) is 3.43. The third-order valence-corrected chi connectivity index (χ3v) is 4.66. The second-order valence-electron chi connectivity index (χ2n) is 6.21. The Kier molecular flexibility index (Phi) is 4.88. The lowest BCUT2D eigenvalue weighted by Crippen LogP contribution is -2.40. The molecule has 1 amide bonds. The summed E-state index contributed by atoms with van der Waals surface area (Å²) in [5, 5.41) is 11.0. The number of halogens is 2. The van der Waals surface area contributed by atoms with Crippen LogP contribution in [0.3, 0.4) is 0 Å². The Morgan fingerprint density at radius 3 is 2.67 bits per heavy atom. The first-order valence-electron chi connectivity index (χ1n) is 8.02. The molecular weight excluding hydrogens is 329 g/mol. The van der Waals surface area contributed by atoms with Crippen molar-refractivity contribution in [3.05, 3.63) is 64.9 Å². The van der Waals surface area contributed by atoms with Crippen molar-refractivity contribution in [3.63, 3.8) is 0 Å². The Morgan fingerprint density at radius 1 is 1.21 bits per heavy atom. The number of anilines is 1. The van der Waals surface area contributed by atoms with E-state index in [2.05, 4.69) is 0 Å². The van der Waals surface area contributed by atoms with Gasteiger partial charge in [-0.05, 0) is 55.2 Å². The molecule has 2 aromatic rings. The molecular formula is C19H19ClFNO2.